The highest BCUT2D eigenvalue weighted by atomic mass is 32.1. The Bertz CT molecular complexity index is 70.1. The summed E-state index contributed by atoms with van der Waals surface area (Å²) in [5.74, 6) is 1.61. The van der Waals surface area contributed by atoms with Crippen LogP contribution in [0, 0.1) is 0 Å². The first-order valence-electron chi connectivity index (χ1n) is 3.45. The zero-order valence-corrected chi connectivity index (χ0v) is 7.82. The minimum Gasteiger partial charge on any atom is -0.326 e. The van der Waals surface area contributed by atoms with Crippen LogP contribution in [0.25, 0.3) is 0 Å². The van der Waals surface area contributed by atoms with Gasteiger partial charge in [0.05, 0.1) is 0 Å². The molecule has 0 aromatic heterocycles. The first-order chi connectivity index (χ1) is 4.72. The summed E-state index contributed by atoms with van der Waals surface area (Å²) in [7, 11) is 0. The van der Waals surface area contributed by atoms with Crippen molar-refractivity contribution in [2.75, 3.05) is 11.5 Å². The van der Waals surface area contributed by atoms with Crippen molar-refractivity contribution in [2.45, 2.75) is 24.9 Å². The molecule has 62 valence electrons. The smallest absolute Gasteiger partial charge is 0.0200 e. The maximum Gasteiger partial charge on any atom is 0.0200 e. The molecule has 0 aliphatic rings. The van der Waals surface area contributed by atoms with Gasteiger partial charge in [0.2, 0.25) is 0 Å². The Morgan fingerprint density at radius 1 is 0.900 bits per heavy atom. The SMILES string of the molecule is NC(CCS)C(N)CCS. The lowest BCUT2D eigenvalue weighted by Gasteiger charge is -2.17. The summed E-state index contributed by atoms with van der Waals surface area (Å²) in [6.07, 6.45) is 1.77. The van der Waals surface area contributed by atoms with Crippen LogP contribution in [0.2, 0.25) is 0 Å². The van der Waals surface area contributed by atoms with Crippen LogP contribution in [0.1, 0.15) is 12.8 Å². The zero-order valence-electron chi connectivity index (χ0n) is 6.03. The second-order valence-corrected chi connectivity index (χ2v) is 3.25. The van der Waals surface area contributed by atoms with E-state index < -0.39 is 0 Å². The van der Waals surface area contributed by atoms with Crippen molar-refractivity contribution >= 4 is 25.3 Å². The molecule has 4 N–H and O–H groups in total. The molecule has 0 fully saturated rings. The van der Waals surface area contributed by atoms with Crippen molar-refractivity contribution in [1.82, 2.24) is 0 Å². The molecule has 0 amide bonds. The summed E-state index contributed by atoms with van der Waals surface area (Å²) >= 11 is 8.14. The highest BCUT2D eigenvalue weighted by Crippen LogP contribution is 2.00. The standard InChI is InChI=1S/C6H16N2S2/c7-5(1-3-9)6(8)2-4-10/h5-6,9-10H,1-4,7-8H2. The molecule has 2 unspecified atom stereocenters. The van der Waals surface area contributed by atoms with Gasteiger partial charge in [0.1, 0.15) is 0 Å². The fraction of sp³-hybridized carbons (Fsp3) is 1.00. The largest absolute Gasteiger partial charge is 0.326 e. The fourth-order valence-electron chi connectivity index (χ4n) is 0.726. The molecule has 4 heteroatoms. The molecular formula is C6H16N2S2. The Morgan fingerprint density at radius 3 is 1.40 bits per heavy atom. The van der Waals surface area contributed by atoms with Crippen molar-refractivity contribution in [3.63, 3.8) is 0 Å². The van der Waals surface area contributed by atoms with E-state index in [4.69, 9.17) is 11.5 Å². The lowest BCUT2D eigenvalue weighted by molar-refractivity contribution is 0.506. The highest BCUT2D eigenvalue weighted by Gasteiger charge is 2.10. The molecule has 0 aromatic carbocycles. The second-order valence-electron chi connectivity index (χ2n) is 2.35. The van der Waals surface area contributed by atoms with Crippen molar-refractivity contribution in [2.24, 2.45) is 11.5 Å². The molecule has 0 radical (unpaired) electrons. The minimum atomic E-state index is 0.0876. The maximum absolute atomic E-state index is 5.71. The molecule has 2 nitrogen and oxygen atoms in total. The van der Waals surface area contributed by atoms with E-state index in [1.807, 2.05) is 0 Å². The lowest BCUT2D eigenvalue weighted by Crippen LogP contribution is -2.41. The Labute approximate surface area is 73.6 Å². The van der Waals surface area contributed by atoms with Gasteiger partial charge in [-0.15, -0.1) is 0 Å². The molecule has 0 bridgehead atoms. The topological polar surface area (TPSA) is 52.0 Å². The average molecular weight is 180 g/mol. The van der Waals surface area contributed by atoms with Crippen LogP contribution in [-0.4, -0.2) is 23.6 Å². The number of rotatable bonds is 5. The van der Waals surface area contributed by atoms with Crippen molar-refractivity contribution in [1.29, 1.82) is 0 Å². The Hall–Kier alpha value is 0.620. The molecular weight excluding hydrogens is 164 g/mol. The van der Waals surface area contributed by atoms with Crippen LogP contribution in [0.3, 0.4) is 0 Å². The van der Waals surface area contributed by atoms with Crippen LogP contribution >= 0.6 is 25.3 Å². The normalized spacial score (nSPS) is 16.8. The number of nitrogens with two attached hydrogens (primary N) is 2. The third-order valence-corrected chi connectivity index (χ3v) is 1.99. The molecule has 10 heavy (non-hydrogen) atoms. The second kappa shape index (κ2) is 6.34. The Balaban J connectivity index is 3.38. The molecule has 0 aromatic rings. The third kappa shape index (κ3) is 4.44. The molecule has 0 heterocycles. The number of thiol groups is 2. The Morgan fingerprint density at radius 2 is 1.20 bits per heavy atom. The van der Waals surface area contributed by atoms with Gasteiger partial charge >= 0.3 is 0 Å². The summed E-state index contributed by atoms with van der Waals surface area (Å²) in [6, 6.07) is 0.175. The Kier molecular flexibility index (Phi) is 6.73. The van der Waals surface area contributed by atoms with Gasteiger partial charge < -0.3 is 11.5 Å². The van der Waals surface area contributed by atoms with Crippen LogP contribution in [0.4, 0.5) is 0 Å². The first kappa shape index (κ1) is 10.6. The predicted octanol–water partition coefficient (Wildman–Crippen LogP) is 0.281. The fourth-order valence-corrected chi connectivity index (χ4v) is 1.32. The average Bonchev–Trinajstić information content (AvgIpc) is 1.89. The van der Waals surface area contributed by atoms with E-state index in [0.29, 0.717) is 0 Å². The highest BCUT2D eigenvalue weighted by molar-refractivity contribution is 7.80. The van der Waals surface area contributed by atoms with E-state index in [2.05, 4.69) is 25.3 Å². The van der Waals surface area contributed by atoms with Crippen molar-refractivity contribution in [3.05, 3.63) is 0 Å². The van der Waals surface area contributed by atoms with Gasteiger partial charge in [-0.1, -0.05) is 0 Å². The monoisotopic (exact) mass is 180 g/mol. The summed E-state index contributed by atoms with van der Waals surface area (Å²) in [5.41, 5.74) is 11.4. The molecule has 0 aliphatic heterocycles. The molecule has 0 saturated heterocycles. The lowest BCUT2D eigenvalue weighted by atomic mass is 10.1. The molecule has 0 aliphatic carbocycles. The van der Waals surface area contributed by atoms with Crippen LogP contribution in [-0.2, 0) is 0 Å². The van der Waals surface area contributed by atoms with Crippen molar-refractivity contribution in [3.8, 4) is 0 Å². The van der Waals surface area contributed by atoms with Gasteiger partial charge in [-0.25, -0.2) is 0 Å². The minimum absolute atomic E-state index is 0.0876. The van der Waals surface area contributed by atoms with Gasteiger partial charge in [-0.2, -0.15) is 25.3 Å². The molecule has 0 rings (SSSR count). The van der Waals surface area contributed by atoms with Gasteiger partial charge in [-0.05, 0) is 24.3 Å². The van der Waals surface area contributed by atoms with Crippen LogP contribution in [0.5, 0.6) is 0 Å². The molecule has 2 atom stereocenters. The van der Waals surface area contributed by atoms with Gasteiger partial charge in [-0.3, -0.25) is 0 Å². The van der Waals surface area contributed by atoms with Gasteiger partial charge in [0.15, 0.2) is 0 Å². The summed E-state index contributed by atoms with van der Waals surface area (Å²) in [6.45, 7) is 0. The molecule has 0 spiro atoms. The van der Waals surface area contributed by atoms with Gasteiger partial charge in [0.25, 0.3) is 0 Å². The van der Waals surface area contributed by atoms with Crippen molar-refractivity contribution < 1.29 is 0 Å². The number of hydrogen-bond donors (Lipinski definition) is 4. The van der Waals surface area contributed by atoms with Crippen LogP contribution < -0.4 is 11.5 Å². The van der Waals surface area contributed by atoms with E-state index >= 15 is 0 Å². The van der Waals surface area contributed by atoms with Gasteiger partial charge in [0, 0.05) is 12.1 Å². The van der Waals surface area contributed by atoms with E-state index in [-0.39, 0.29) is 12.1 Å². The summed E-state index contributed by atoms with van der Waals surface area (Å²) in [4.78, 5) is 0. The quantitative estimate of drug-likeness (QED) is 0.459. The maximum atomic E-state index is 5.71. The summed E-state index contributed by atoms with van der Waals surface area (Å²) < 4.78 is 0. The first-order valence-corrected chi connectivity index (χ1v) is 4.71. The van der Waals surface area contributed by atoms with E-state index in [1.165, 1.54) is 0 Å². The van der Waals surface area contributed by atoms with Crippen LogP contribution in [0.15, 0.2) is 0 Å². The third-order valence-electron chi connectivity index (χ3n) is 1.47. The van der Waals surface area contributed by atoms with E-state index in [0.717, 1.165) is 24.3 Å². The predicted molar refractivity (Wildman–Crippen MR) is 52.9 cm³/mol. The van der Waals surface area contributed by atoms with E-state index in [1.54, 1.807) is 0 Å². The molecule has 0 saturated carbocycles. The number of hydrogen-bond acceptors (Lipinski definition) is 4. The summed E-state index contributed by atoms with van der Waals surface area (Å²) in [5, 5.41) is 0. The zero-order chi connectivity index (χ0) is 7.98. The van der Waals surface area contributed by atoms with E-state index in [9.17, 15) is 0 Å².